The van der Waals surface area contributed by atoms with E-state index in [-0.39, 0.29) is 18.4 Å². The number of phenols is 1. The van der Waals surface area contributed by atoms with Gasteiger partial charge in [0, 0.05) is 6.04 Å². The first-order chi connectivity index (χ1) is 11.3. The number of hydrogen-bond donors (Lipinski definition) is 2. The highest BCUT2D eigenvalue weighted by Gasteiger charge is 2.48. The minimum atomic E-state index is -1.78. The van der Waals surface area contributed by atoms with E-state index in [0.29, 0.717) is 12.5 Å². The van der Waals surface area contributed by atoms with Gasteiger partial charge in [-0.2, -0.15) is 4.39 Å². The number of benzene rings is 1. The van der Waals surface area contributed by atoms with Gasteiger partial charge < -0.3 is 15.1 Å². The topological polar surface area (TPSA) is 77.8 Å². The average molecular weight is 343 g/mol. The van der Waals surface area contributed by atoms with Crippen molar-refractivity contribution in [3.05, 3.63) is 29.1 Å². The van der Waals surface area contributed by atoms with E-state index in [1.54, 1.807) is 0 Å². The van der Waals surface area contributed by atoms with E-state index in [9.17, 15) is 33.0 Å². The van der Waals surface area contributed by atoms with Gasteiger partial charge in [-0.3, -0.25) is 4.79 Å². The molecule has 130 valence electrons. The fourth-order valence-electron chi connectivity index (χ4n) is 3.86. The van der Waals surface area contributed by atoms with Gasteiger partial charge in [0.05, 0.1) is 5.56 Å². The van der Waals surface area contributed by atoms with E-state index >= 15 is 0 Å². The third-order valence-electron chi connectivity index (χ3n) is 4.97. The minimum Gasteiger partial charge on any atom is -0.503 e. The van der Waals surface area contributed by atoms with Crippen LogP contribution in [0.5, 0.6) is 5.75 Å². The Morgan fingerprint density at radius 1 is 1.12 bits per heavy atom. The van der Waals surface area contributed by atoms with Crippen LogP contribution in [0, 0.1) is 23.4 Å². The van der Waals surface area contributed by atoms with Crippen LogP contribution in [0.25, 0.3) is 0 Å². The number of rotatable bonds is 2. The molecule has 1 amide bonds. The highest BCUT2D eigenvalue weighted by Crippen LogP contribution is 2.41. The van der Waals surface area contributed by atoms with Gasteiger partial charge in [-0.1, -0.05) is 12.8 Å². The molecular formula is C16H16F3NO4. The van der Waals surface area contributed by atoms with E-state index in [1.807, 2.05) is 0 Å². The maximum Gasteiger partial charge on any atom is 0.326 e. The number of carbonyl (C=O) groups is 2. The van der Waals surface area contributed by atoms with Crippen molar-refractivity contribution in [2.24, 2.45) is 5.92 Å². The lowest BCUT2D eigenvalue weighted by molar-refractivity contribution is -0.141. The van der Waals surface area contributed by atoms with Crippen molar-refractivity contribution in [1.29, 1.82) is 0 Å². The Morgan fingerprint density at radius 3 is 2.46 bits per heavy atom. The molecule has 2 N–H and O–H groups in total. The van der Waals surface area contributed by atoms with Gasteiger partial charge >= 0.3 is 5.97 Å². The van der Waals surface area contributed by atoms with Crippen LogP contribution >= 0.6 is 0 Å². The van der Waals surface area contributed by atoms with E-state index in [1.165, 1.54) is 0 Å². The Labute approximate surface area is 135 Å². The number of amides is 1. The molecule has 1 aromatic rings. The zero-order valence-corrected chi connectivity index (χ0v) is 12.6. The Bertz CT molecular complexity index is 709. The summed E-state index contributed by atoms with van der Waals surface area (Å²) in [7, 11) is 0. The molecule has 0 bridgehead atoms. The zero-order chi connectivity index (χ0) is 17.6. The summed E-state index contributed by atoms with van der Waals surface area (Å²) >= 11 is 0. The van der Waals surface area contributed by atoms with Crippen molar-refractivity contribution in [3.8, 4) is 5.75 Å². The van der Waals surface area contributed by atoms with Crippen molar-refractivity contribution < 1.29 is 33.0 Å². The quantitative estimate of drug-likeness (QED) is 0.810. The van der Waals surface area contributed by atoms with Crippen LogP contribution in [0.1, 0.15) is 42.5 Å². The fourth-order valence-corrected chi connectivity index (χ4v) is 3.86. The van der Waals surface area contributed by atoms with Crippen LogP contribution < -0.4 is 0 Å². The average Bonchev–Trinajstić information content (AvgIpc) is 2.95. The third kappa shape index (κ3) is 2.50. The molecule has 0 radical (unpaired) electrons. The lowest BCUT2D eigenvalue weighted by Gasteiger charge is -2.33. The summed E-state index contributed by atoms with van der Waals surface area (Å²) < 4.78 is 40.7. The van der Waals surface area contributed by atoms with E-state index < -0.39 is 46.7 Å². The Morgan fingerprint density at radius 2 is 1.79 bits per heavy atom. The smallest absolute Gasteiger partial charge is 0.326 e. The molecule has 1 heterocycles. The Balaban J connectivity index is 2.02. The van der Waals surface area contributed by atoms with Crippen LogP contribution in [0.4, 0.5) is 13.2 Å². The molecule has 8 heteroatoms. The molecule has 3 rings (SSSR count). The standard InChI is InChI=1S/C16H16F3NO4/c17-9-6-8(12(18)14(21)13(9)19)15(22)20-10-4-2-1-3-7(10)5-11(20)16(23)24/h6-7,10-11,21H,1-5H2,(H,23,24). The molecule has 1 aliphatic carbocycles. The molecule has 24 heavy (non-hydrogen) atoms. The second-order valence-corrected chi connectivity index (χ2v) is 6.30. The molecule has 3 atom stereocenters. The zero-order valence-electron chi connectivity index (χ0n) is 12.6. The van der Waals surface area contributed by atoms with Gasteiger partial charge in [-0.25, -0.2) is 13.6 Å². The number of fused-ring (bicyclic) bond motifs is 1. The highest BCUT2D eigenvalue weighted by molar-refractivity contribution is 5.98. The summed E-state index contributed by atoms with van der Waals surface area (Å²) in [5.74, 6) is -8.77. The Kier molecular flexibility index (Phi) is 4.15. The first-order valence-electron chi connectivity index (χ1n) is 7.74. The van der Waals surface area contributed by atoms with Crippen LogP contribution in [0.2, 0.25) is 0 Å². The predicted octanol–water partition coefficient (Wildman–Crippen LogP) is 2.67. The lowest BCUT2D eigenvalue weighted by Crippen LogP contribution is -2.46. The first-order valence-corrected chi connectivity index (χ1v) is 7.74. The normalized spacial score (nSPS) is 26.3. The number of hydrogen-bond acceptors (Lipinski definition) is 3. The minimum absolute atomic E-state index is 0.00856. The molecule has 2 aliphatic rings. The third-order valence-corrected chi connectivity index (χ3v) is 4.97. The number of halogens is 3. The molecule has 2 fully saturated rings. The van der Waals surface area contributed by atoms with Gasteiger partial charge in [0.1, 0.15) is 6.04 Å². The summed E-state index contributed by atoms with van der Waals surface area (Å²) in [5.41, 5.74) is -0.858. The van der Waals surface area contributed by atoms with Crippen LogP contribution in [-0.2, 0) is 4.79 Å². The largest absolute Gasteiger partial charge is 0.503 e. The van der Waals surface area contributed by atoms with Crippen LogP contribution in [0.3, 0.4) is 0 Å². The summed E-state index contributed by atoms with van der Waals surface area (Å²) in [6.45, 7) is 0. The number of phenolic OH excluding ortho intramolecular Hbond substituents is 1. The summed E-state index contributed by atoms with van der Waals surface area (Å²) in [5, 5.41) is 18.7. The SMILES string of the molecule is O=C(O)C1CC2CCCCC2N1C(=O)c1cc(F)c(F)c(O)c1F. The Hall–Kier alpha value is -2.25. The van der Waals surface area contributed by atoms with Gasteiger partial charge in [0.15, 0.2) is 17.4 Å². The molecule has 0 aromatic heterocycles. The molecule has 1 aromatic carbocycles. The van der Waals surface area contributed by atoms with Gasteiger partial charge in [0.25, 0.3) is 5.91 Å². The molecular weight excluding hydrogens is 327 g/mol. The van der Waals surface area contributed by atoms with E-state index in [2.05, 4.69) is 0 Å². The van der Waals surface area contributed by atoms with Crippen LogP contribution in [-0.4, -0.2) is 39.1 Å². The fraction of sp³-hybridized carbons (Fsp3) is 0.500. The molecule has 0 spiro atoms. The van der Waals surface area contributed by atoms with E-state index in [4.69, 9.17) is 0 Å². The van der Waals surface area contributed by atoms with Gasteiger partial charge in [0.2, 0.25) is 5.82 Å². The summed E-state index contributed by atoms with van der Waals surface area (Å²) in [6.07, 6.45) is 3.34. The maximum atomic E-state index is 14.0. The molecule has 5 nitrogen and oxygen atoms in total. The number of likely N-dealkylation sites (tertiary alicyclic amines) is 1. The second-order valence-electron chi connectivity index (χ2n) is 6.30. The number of nitrogens with zero attached hydrogens (tertiary/aromatic N) is 1. The van der Waals surface area contributed by atoms with Crippen molar-refractivity contribution in [2.45, 2.75) is 44.2 Å². The second kappa shape index (κ2) is 5.99. The van der Waals surface area contributed by atoms with Crippen molar-refractivity contribution in [2.75, 3.05) is 0 Å². The lowest BCUT2D eigenvalue weighted by atomic mass is 9.84. The predicted molar refractivity (Wildman–Crippen MR) is 75.9 cm³/mol. The molecule has 1 saturated heterocycles. The number of aliphatic carboxylic acids is 1. The molecule has 1 aliphatic heterocycles. The van der Waals surface area contributed by atoms with Crippen LogP contribution in [0.15, 0.2) is 6.07 Å². The van der Waals surface area contributed by atoms with Crippen molar-refractivity contribution in [1.82, 2.24) is 4.90 Å². The summed E-state index contributed by atoms with van der Waals surface area (Å²) in [6, 6.07) is -1.15. The number of aromatic hydroxyl groups is 1. The number of carbonyl (C=O) groups excluding carboxylic acids is 1. The number of carboxylic acids is 1. The van der Waals surface area contributed by atoms with Gasteiger partial charge in [-0.05, 0) is 31.2 Å². The van der Waals surface area contributed by atoms with E-state index in [0.717, 1.165) is 24.2 Å². The maximum absolute atomic E-state index is 14.0. The van der Waals surface area contributed by atoms with Crippen molar-refractivity contribution in [3.63, 3.8) is 0 Å². The molecule has 3 unspecified atom stereocenters. The molecule has 1 saturated carbocycles. The number of carboxylic acid groups (broad SMARTS) is 1. The highest BCUT2D eigenvalue weighted by atomic mass is 19.2. The summed E-state index contributed by atoms with van der Waals surface area (Å²) in [4.78, 5) is 25.2. The first kappa shape index (κ1) is 16.6. The van der Waals surface area contributed by atoms with Crippen molar-refractivity contribution >= 4 is 11.9 Å². The monoisotopic (exact) mass is 343 g/mol. The van der Waals surface area contributed by atoms with Gasteiger partial charge in [-0.15, -0.1) is 0 Å².